The summed E-state index contributed by atoms with van der Waals surface area (Å²) in [7, 11) is 0. The molecule has 2 aliphatic heterocycles. The van der Waals surface area contributed by atoms with Gasteiger partial charge >= 0.3 is 6.36 Å². The molecule has 21 heavy (non-hydrogen) atoms. The summed E-state index contributed by atoms with van der Waals surface area (Å²) in [5, 5.41) is 3.64. The first kappa shape index (κ1) is 14.8. The first-order valence-electron chi connectivity index (χ1n) is 6.86. The molecule has 3 atom stereocenters. The van der Waals surface area contributed by atoms with Crippen molar-refractivity contribution in [1.82, 2.24) is 5.32 Å². The molecule has 0 spiro atoms. The van der Waals surface area contributed by atoms with E-state index in [-0.39, 0.29) is 16.9 Å². The van der Waals surface area contributed by atoms with E-state index in [2.05, 4.69) is 10.1 Å². The number of hydrogen-bond donors (Lipinski definition) is 1. The zero-order valence-corrected chi connectivity index (χ0v) is 11.9. The molecule has 7 heteroatoms. The third-order valence-electron chi connectivity index (χ3n) is 3.81. The SMILES string of the molecule is FC(F)(F)Oc1cc(Cl)cc(O[C@@H]2C[C@H]3CC[C@@H](C2)N3)c1. The normalized spacial score (nSPS) is 28.5. The van der Waals surface area contributed by atoms with Crippen LogP contribution < -0.4 is 14.8 Å². The number of benzene rings is 1. The molecule has 3 nitrogen and oxygen atoms in total. The van der Waals surface area contributed by atoms with Gasteiger partial charge in [0.05, 0.1) is 0 Å². The van der Waals surface area contributed by atoms with E-state index in [1.54, 1.807) is 0 Å². The molecule has 2 aliphatic rings. The van der Waals surface area contributed by atoms with Crippen molar-refractivity contribution >= 4 is 11.6 Å². The van der Waals surface area contributed by atoms with E-state index in [9.17, 15) is 13.2 Å². The number of hydrogen-bond acceptors (Lipinski definition) is 3. The molecular formula is C14H15ClF3NO2. The molecule has 116 valence electrons. The quantitative estimate of drug-likeness (QED) is 0.916. The smallest absolute Gasteiger partial charge is 0.490 e. The van der Waals surface area contributed by atoms with Crippen molar-refractivity contribution in [3.8, 4) is 11.5 Å². The molecule has 2 heterocycles. The van der Waals surface area contributed by atoms with E-state index >= 15 is 0 Å². The van der Waals surface area contributed by atoms with Crippen LogP contribution in [0.4, 0.5) is 13.2 Å². The monoisotopic (exact) mass is 321 g/mol. The van der Waals surface area contributed by atoms with Gasteiger partial charge in [-0.05, 0) is 37.8 Å². The fourth-order valence-corrected chi connectivity index (χ4v) is 3.31. The Kier molecular flexibility index (Phi) is 3.92. The highest BCUT2D eigenvalue weighted by atomic mass is 35.5. The van der Waals surface area contributed by atoms with Crippen molar-refractivity contribution in [3.63, 3.8) is 0 Å². The van der Waals surface area contributed by atoms with Gasteiger partial charge in [0.1, 0.15) is 17.6 Å². The molecule has 0 amide bonds. The molecule has 2 saturated heterocycles. The molecule has 0 aliphatic carbocycles. The van der Waals surface area contributed by atoms with Crippen LogP contribution in [0.2, 0.25) is 5.02 Å². The summed E-state index contributed by atoms with van der Waals surface area (Å²) < 4.78 is 46.5. The first-order valence-corrected chi connectivity index (χ1v) is 7.24. The van der Waals surface area contributed by atoms with Crippen LogP contribution in [-0.2, 0) is 0 Å². The molecule has 2 fully saturated rings. The molecule has 3 rings (SSSR count). The van der Waals surface area contributed by atoms with Gasteiger partial charge in [0.2, 0.25) is 0 Å². The number of piperidine rings is 1. The second-order valence-electron chi connectivity index (χ2n) is 5.52. The lowest BCUT2D eigenvalue weighted by Gasteiger charge is -2.29. The van der Waals surface area contributed by atoms with Crippen molar-refractivity contribution in [2.45, 2.75) is 50.2 Å². The van der Waals surface area contributed by atoms with Gasteiger partial charge in [-0.2, -0.15) is 0 Å². The fraction of sp³-hybridized carbons (Fsp3) is 0.571. The maximum Gasteiger partial charge on any atom is 0.573 e. The molecule has 0 aromatic heterocycles. The maximum absolute atomic E-state index is 12.3. The van der Waals surface area contributed by atoms with Crippen molar-refractivity contribution in [2.24, 2.45) is 0 Å². The van der Waals surface area contributed by atoms with E-state index in [0.717, 1.165) is 31.7 Å². The second-order valence-corrected chi connectivity index (χ2v) is 5.96. The number of rotatable bonds is 3. The summed E-state index contributed by atoms with van der Waals surface area (Å²) in [6, 6.07) is 4.74. The second kappa shape index (κ2) is 5.57. The third-order valence-corrected chi connectivity index (χ3v) is 4.03. The van der Waals surface area contributed by atoms with Crippen molar-refractivity contribution in [1.29, 1.82) is 0 Å². The third kappa shape index (κ3) is 3.95. The van der Waals surface area contributed by atoms with Crippen LogP contribution in [0, 0.1) is 0 Å². The molecule has 1 N–H and O–H groups in total. The minimum atomic E-state index is -4.74. The molecule has 1 aromatic rings. The number of nitrogens with one attached hydrogen (secondary N) is 1. The average molecular weight is 322 g/mol. The zero-order valence-electron chi connectivity index (χ0n) is 11.1. The Hall–Kier alpha value is -1.14. The van der Waals surface area contributed by atoms with Crippen LogP contribution in [-0.4, -0.2) is 24.6 Å². The van der Waals surface area contributed by atoms with Crippen LogP contribution in [0.25, 0.3) is 0 Å². The number of halogens is 4. The van der Waals surface area contributed by atoms with E-state index in [1.807, 2.05) is 0 Å². The summed E-state index contributed by atoms with van der Waals surface area (Å²) in [5.74, 6) is -0.0463. The Morgan fingerprint density at radius 1 is 1.05 bits per heavy atom. The van der Waals surface area contributed by atoms with Crippen molar-refractivity contribution < 1.29 is 22.6 Å². The summed E-state index contributed by atoms with van der Waals surface area (Å²) in [6.07, 6.45) is -0.765. The van der Waals surface area contributed by atoms with E-state index in [0.29, 0.717) is 17.8 Å². The number of alkyl halides is 3. The van der Waals surface area contributed by atoms with Crippen molar-refractivity contribution in [2.75, 3.05) is 0 Å². The highest BCUT2D eigenvalue weighted by molar-refractivity contribution is 6.30. The maximum atomic E-state index is 12.3. The molecular weight excluding hydrogens is 307 g/mol. The fourth-order valence-electron chi connectivity index (χ4n) is 3.09. The van der Waals surface area contributed by atoms with Gasteiger partial charge in [-0.3, -0.25) is 0 Å². The molecule has 0 saturated carbocycles. The van der Waals surface area contributed by atoms with E-state index < -0.39 is 6.36 Å². The Morgan fingerprint density at radius 2 is 1.67 bits per heavy atom. The summed E-state index contributed by atoms with van der Waals surface area (Å²) in [5.41, 5.74) is 0. The Balaban J connectivity index is 1.70. The van der Waals surface area contributed by atoms with Gasteiger partial charge in [0, 0.05) is 23.2 Å². The highest BCUT2D eigenvalue weighted by Crippen LogP contribution is 2.33. The largest absolute Gasteiger partial charge is 0.573 e. The van der Waals surface area contributed by atoms with Crippen LogP contribution in [0.5, 0.6) is 11.5 Å². The minimum absolute atomic E-state index is 0.000883. The zero-order chi connectivity index (χ0) is 15.0. The van der Waals surface area contributed by atoms with E-state index in [1.165, 1.54) is 12.1 Å². The predicted octanol–water partition coefficient (Wildman–Crippen LogP) is 3.90. The van der Waals surface area contributed by atoms with Crippen LogP contribution in [0.1, 0.15) is 25.7 Å². The molecule has 0 radical (unpaired) electrons. The Labute approximate surface area is 125 Å². The summed E-state index contributed by atoms with van der Waals surface area (Å²) in [4.78, 5) is 0. The lowest BCUT2D eigenvalue weighted by Crippen LogP contribution is -2.42. The van der Waals surface area contributed by atoms with Crippen LogP contribution in [0.15, 0.2) is 18.2 Å². The first-order chi connectivity index (χ1) is 9.87. The predicted molar refractivity (Wildman–Crippen MR) is 71.7 cm³/mol. The highest BCUT2D eigenvalue weighted by Gasteiger charge is 2.35. The van der Waals surface area contributed by atoms with Gasteiger partial charge < -0.3 is 14.8 Å². The Bertz CT molecular complexity index is 511. The van der Waals surface area contributed by atoms with Crippen LogP contribution in [0.3, 0.4) is 0 Å². The lowest BCUT2D eigenvalue weighted by molar-refractivity contribution is -0.274. The summed E-state index contributed by atoms with van der Waals surface area (Å²) in [6.45, 7) is 0. The summed E-state index contributed by atoms with van der Waals surface area (Å²) >= 11 is 5.83. The standard InChI is InChI=1S/C14H15ClF3NO2/c15-8-3-11(7-13(4-8)21-14(16,17)18)20-12-5-9-1-2-10(6-12)19-9/h3-4,7,9-10,12,19H,1-2,5-6H2/t9-,10+,12-. The minimum Gasteiger partial charge on any atom is -0.490 e. The molecule has 0 unspecified atom stereocenters. The number of fused-ring (bicyclic) bond motifs is 2. The van der Waals surface area contributed by atoms with Gasteiger partial charge in [0.25, 0.3) is 0 Å². The van der Waals surface area contributed by atoms with Gasteiger partial charge in [-0.15, -0.1) is 13.2 Å². The van der Waals surface area contributed by atoms with Gasteiger partial charge in [-0.25, -0.2) is 0 Å². The number of ether oxygens (including phenoxy) is 2. The van der Waals surface area contributed by atoms with Gasteiger partial charge in [0.15, 0.2) is 0 Å². The van der Waals surface area contributed by atoms with Crippen molar-refractivity contribution in [3.05, 3.63) is 23.2 Å². The Morgan fingerprint density at radius 3 is 2.29 bits per heavy atom. The topological polar surface area (TPSA) is 30.5 Å². The molecule has 1 aromatic carbocycles. The average Bonchev–Trinajstić information content (AvgIpc) is 2.65. The molecule has 2 bridgehead atoms. The van der Waals surface area contributed by atoms with Gasteiger partial charge in [-0.1, -0.05) is 11.6 Å². The lowest BCUT2D eigenvalue weighted by atomic mass is 10.0. The van der Waals surface area contributed by atoms with E-state index in [4.69, 9.17) is 16.3 Å². The van der Waals surface area contributed by atoms with Crippen LogP contribution >= 0.6 is 11.6 Å².